The summed E-state index contributed by atoms with van der Waals surface area (Å²) in [7, 11) is 0. The van der Waals surface area contributed by atoms with Crippen molar-refractivity contribution < 1.29 is 4.74 Å². The van der Waals surface area contributed by atoms with E-state index in [2.05, 4.69) is 10.2 Å². The third kappa shape index (κ3) is 1.74. The lowest BCUT2D eigenvalue weighted by molar-refractivity contribution is 0.103. The van der Waals surface area contributed by atoms with Crippen molar-refractivity contribution in [2.75, 3.05) is 6.61 Å². The van der Waals surface area contributed by atoms with Gasteiger partial charge in [-0.3, -0.25) is 0 Å². The van der Waals surface area contributed by atoms with Crippen molar-refractivity contribution in [2.45, 2.75) is 50.2 Å². The minimum absolute atomic E-state index is 0.0589. The zero-order valence-electron chi connectivity index (χ0n) is 11.8. The zero-order valence-corrected chi connectivity index (χ0v) is 12.6. The van der Waals surface area contributed by atoms with Gasteiger partial charge in [0.2, 0.25) is 4.96 Å². The standard InChI is InChI=1S/C14H19N5OS/c15-11-8-4-3-7(6-8)10(11)13-18-19-12(9-2-1-5-20-9)16-17-14(19)21-13/h7-11H,1-6,15H2. The summed E-state index contributed by atoms with van der Waals surface area (Å²) in [5, 5.41) is 14.5. The molecule has 6 nitrogen and oxygen atoms in total. The smallest absolute Gasteiger partial charge is 0.234 e. The maximum Gasteiger partial charge on any atom is 0.234 e. The molecule has 3 heterocycles. The first kappa shape index (κ1) is 12.5. The van der Waals surface area contributed by atoms with Crippen LogP contribution in [0.15, 0.2) is 0 Å². The number of aromatic nitrogens is 4. The summed E-state index contributed by atoms with van der Waals surface area (Å²) in [4.78, 5) is 0.880. The van der Waals surface area contributed by atoms with Crippen LogP contribution in [0.4, 0.5) is 0 Å². The summed E-state index contributed by atoms with van der Waals surface area (Å²) in [6.07, 6.45) is 6.05. The summed E-state index contributed by atoms with van der Waals surface area (Å²) >= 11 is 1.66. The molecule has 2 aliphatic carbocycles. The highest BCUT2D eigenvalue weighted by molar-refractivity contribution is 7.16. The number of hydrogen-bond acceptors (Lipinski definition) is 6. The quantitative estimate of drug-likeness (QED) is 0.916. The van der Waals surface area contributed by atoms with E-state index >= 15 is 0 Å². The first-order valence-corrected chi connectivity index (χ1v) is 8.72. The maximum absolute atomic E-state index is 6.44. The summed E-state index contributed by atoms with van der Waals surface area (Å²) in [6, 6.07) is 0.277. The normalized spacial score (nSPS) is 38.8. The van der Waals surface area contributed by atoms with Crippen LogP contribution in [0.25, 0.3) is 4.96 Å². The van der Waals surface area contributed by atoms with Gasteiger partial charge in [-0.05, 0) is 43.9 Å². The Labute approximate surface area is 126 Å². The molecule has 7 heteroatoms. The van der Waals surface area contributed by atoms with Crippen molar-refractivity contribution in [1.29, 1.82) is 0 Å². The average Bonchev–Trinajstić information content (AvgIpc) is 3.25. The number of rotatable bonds is 2. The first-order chi connectivity index (χ1) is 10.3. The van der Waals surface area contributed by atoms with E-state index in [9.17, 15) is 0 Å². The Kier molecular flexibility index (Phi) is 2.66. The molecule has 2 saturated carbocycles. The Bertz CT molecular complexity index is 674. The van der Waals surface area contributed by atoms with Crippen LogP contribution in [0, 0.1) is 11.8 Å². The number of nitrogens with two attached hydrogens (primary N) is 1. The molecule has 1 saturated heterocycles. The second-order valence-corrected chi connectivity index (χ2v) is 7.62. The highest BCUT2D eigenvalue weighted by atomic mass is 32.1. The Morgan fingerprint density at radius 2 is 2.10 bits per heavy atom. The van der Waals surface area contributed by atoms with Gasteiger partial charge >= 0.3 is 0 Å². The van der Waals surface area contributed by atoms with E-state index in [-0.39, 0.29) is 12.1 Å². The summed E-state index contributed by atoms with van der Waals surface area (Å²) in [6.45, 7) is 0.813. The van der Waals surface area contributed by atoms with Gasteiger partial charge in [0.25, 0.3) is 0 Å². The molecule has 5 atom stereocenters. The molecular formula is C14H19N5OS. The van der Waals surface area contributed by atoms with E-state index in [1.807, 2.05) is 4.52 Å². The first-order valence-electron chi connectivity index (χ1n) is 7.90. The summed E-state index contributed by atoms with van der Waals surface area (Å²) in [5.74, 6) is 2.71. The predicted molar refractivity (Wildman–Crippen MR) is 78.1 cm³/mol. The van der Waals surface area contributed by atoms with Crippen molar-refractivity contribution in [3.05, 3.63) is 10.8 Å². The number of fused-ring (bicyclic) bond motifs is 3. The fourth-order valence-corrected chi connectivity index (χ4v) is 5.56. The molecule has 5 rings (SSSR count). The van der Waals surface area contributed by atoms with Gasteiger partial charge in [-0.2, -0.15) is 9.61 Å². The van der Waals surface area contributed by atoms with Gasteiger partial charge in [0.15, 0.2) is 5.82 Å². The predicted octanol–water partition coefficient (Wildman–Crippen LogP) is 1.88. The van der Waals surface area contributed by atoms with Crippen LogP contribution in [0.3, 0.4) is 0 Å². The van der Waals surface area contributed by atoms with Crippen LogP contribution >= 0.6 is 11.3 Å². The highest BCUT2D eigenvalue weighted by Crippen LogP contribution is 2.52. The van der Waals surface area contributed by atoms with Gasteiger partial charge in [0.05, 0.1) is 0 Å². The molecule has 112 valence electrons. The van der Waals surface area contributed by atoms with E-state index in [0.29, 0.717) is 11.8 Å². The summed E-state index contributed by atoms with van der Waals surface area (Å²) in [5.41, 5.74) is 6.44. The molecule has 0 aromatic carbocycles. The third-order valence-electron chi connectivity index (χ3n) is 5.51. The van der Waals surface area contributed by atoms with Gasteiger partial charge in [0.1, 0.15) is 11.1 Å². The lowest BCUT2D eigenvalue weighted by Gasteiger charge is -2.25. The molecular weight excluding hydrogens is 286 g/mol. The number of ether oxygens (including phenoxy) is 1. The van der Waals surface area contributed by atoms with Crippen LogP contribution in [0.2, 0.25) is 0 Å². The van der Waals surface area contributed by atoms with Crippen molar-refractivity contribution in [3.63, 3.8) is 0 Å². The second kappa shape index (κ2) is 4.47. The third-order valence-corrected chi connectivity index (χ3v) is 6.51. The van der Waals surface area contributed by atoms with Crippen molar-refractivity contribution in [1.82, 2.24) is 19.8 Å². The van der Waals surface area contributed by atoms with Gasteiger partial charge in [-0.25, -0.2) is 0 Å². The zero-order chi connectivity index (χ0) is 14.0. The highest BCUT2D eigenvalue weighted by Gasteiger charge is 2.48. The Morgan fingerprint density at radius 3 is 2.86 bits per heavy atom. The van der Waals surface area contributed by atoms with E-state index in [1.54, 1.807) is 11.3 Å². The van der Waals surface area contributed by atoms with E-state index in [0.717, 1.165) is 41.2 Å². The molecule has 2 N–H and O–H groups in total. The molecule has 0 radical (unpaired) electrons. The molecule has 1 aliphatic heterocycles. The van der Waals surface area contributed by atoms with E-state index in [1.165, 1.54) is 19.3 Å². The van der Waals surface area contributed by atoms with Crippen molar-refractivity contribution >= 4 is 16.3 Å². The Morgan fingerprint density at radius 1 is 1.19 bits per heavy atom. The monoisotopic (exact) mass is 305 g/mol. The molecule has 0 spiro atoms. The SMILES string of the molecule is NC1C2CCC(C2)C1c1nn2c(C3CCCO3)nnc2s1. The Balaban J connectivity index is 1.53. The molecule has 3 fully saturated rings. The molecule has 2 bridgehead atoms. The minimum atomic E-state index is 0.0589. The van der Waals surface area contributed by atoms with Gasteiger partial charge in [-0.1, -0.05) is 11.3 Å². The minimum Gasteiger partial charge on any atom is -0.370 e. The van der Waals surface area contributed by atoms with E-state index in [4.69, 9.17) is 15.6 Å². The molecule has 5 unspecified atom stereocenters. The number of nitrogens with zero attached hydrogens (tertiary/aromatic N) is 4. The van der Waals surface area contributed by atoms with Gasteiger partial charge in [-0.15, -0.1) is 10.2 Å². The van der Waals surface area contributed by atoms with Gasteiger partial charge < -0.3 is 10.5 Å². The van der Waals surface area contributed by atoms with Crippen LogP contribution < -0.4 is 5.73 Å². The van der Waals surface area contributed by atoms with Crippen LogP contribution in [0.5, 0.6) is 0 Å². The topological polar surface area (TPSA) is 78.3 Å². The average molecular weight is 305 g/mol. The fraction of sp³-hybridized carbons (Fsp3) is 0.786. The number of hydrogen-bond donors (Lipinski definition) is 1. The van der Waals surface area contributed by atoms with Crippen LogP contribution in [0.1, 0.15) is 55.0 Å². The lowest BCUT2D eigenvalue weighted by atomic mass is 9.85. The van der Waals surface area contributed by atoms with Crippen LogP contribution in [-0.4, -0.2) is 32.5 Å². The molecule has 2 aromatic rings. The molecule has 0 amide bonds. The van der Waals surface area contributed by atoms with E-state index < -0.39 is 0 Å². The summed E-state index contributed by atoms with van der Waals surface area (Å²) < 4.78 is 7.62. The Hall–Kier alpha value is -1.05. The largest absolute Gasteiger partial charge is 0.370 e. The second-order valence-electron chi connectivity index (χ2n) is 6.63. The lowest BCUT2D eigenvalue weighted by Crippen LogP contribution is -2.34. The maximum atomic E-state index is 6.44. The van der Waals surface area contributed by atoms with Crippen LogP contribution in [-0.2, 0) is 4.74 Å². The van der Waals surface area contributed by atoms with Gasteiger partial charge in [0, 0.05) is 18.6 Å². The molecule has 21 heavy (non-hydrogen) atoms. The fourth-order valence-electron chi connectivity index (χ4n) is 4.47. The van der Waals surface area contributed by atoms with Crippen molar-refractivity contribution in [2.24, 2.45) is 17.6 Å². The van der Waals surface area contributed by atoms with Crippen molar-refractivity contribution in [3.8, 4) is 0 Å². The molecule has 3 aliphatic rings. The molecule has 2 aromatic heterocycles.